The van der Waals surface area contributed by atoms with E-state index in [-0.39, 0.29) is 24.6 Å². The lowest BCUT2D eigenvalue weighted by Gasteiger charge is -2.26. The number of ether oxygens (including phenoxy) is 1. The highest BCUT2D eigenvalue weighted by atomic mass is 35.5. The van der Waals surface area contributed by atoms with Crippen LogP contribution in [0.1, 0.15) is 11.1 Å². The quantitative estimate of drug-likeness (QED) is 0.294. The zero-order chi connectivity index (χ0) is 25.7. The van der Waals surface area contributed by atoms with Crippen LogP contribution in [0.4, 0.5) is 5.69 Å². The number of benzene rings is 4. The SMILES string of the molecule is Cc1ccc(S(=O)(=O)N(CC(=O)NCCOc2ccc3ccccc3c2)c2ccc(Cl)cc2C)cc1. The number of aryl methyl sites for hydroxylation is 2. The average molecular weight is 523 g/mol. The normalized spacial score (nSPS) is 11.3. The lowest BCUT2D eigenvalue weighted by Crippen LogP contribution is -2.42. The van der Waals surface area contributed by atoms with Gasteiger partial charge in [0.25, 0.3) is 10.0 Å². The molecule has 1 N–H and O–H groups in total. The van der Waals surface area contributed by atoms with Crippen LogP contribution >= 0.6 is 11.6 Å². The van der Waals surface area contributed by atoms with Gasteiger partial charge in [-0.05, 0) is 72.6 Å². The van der Waals surface area contributed by atoms with E-state index in [9.17, 15) is 13.2 Å². The second kappa shape index (κ2) is 11.0. The number of sulfonamides is 1. The van der Waals surface area contributed by atoms with Gasteiger partial charge in [0.05, 0.1) is 17.1 Å². The Labute approximate surface area is 216 Å². The predicted molar refractivity (Wildman–Crippen MR) is 144 cm³/mol. The first-order chi connectivity index (χ1) is 17.2. The fourth-order valence-electron chi connectivity index (χ4n) is 3.84. The van der Waals surface area contributed by atoms with Crippen LogP contribution < -0.4 is 14.4 Å². The molecule has 0 fully saturated rings. The molecule has 0 saturated heterocycles. The first-order valence-electron chi connectivity index (χ1n) is 11.5. The summed E-state index contributed by atoms with van der Waals surface area (Å²) in [4.78, 5) is 12.9. The van der Waals surface area contributed by atoms with Crippen LogP contribution in [0, 0.1) is 13.8 Å². The van der Waals surface area contributed by atoms with Crippen molar-refractivity contribution in [3.8, 4) is 5.75 Å². The van der Waals surface area contributed by atoms with Gasteiger partial charge in [0.2, 0.25) is 5.91 Å². The summed E-state index contributed by atoms with van der Waals surface area (Å²) in [6.45, 7) is 3.73. The van der Waals surface area contributed by atoms with E-state index >= 15 is 0 Å². The van der Waals surface area contributed by atoms with Crippen molar-refractivity contribution in [1.82, 2.24) is 5.32 Å². The van der Waals surface area contributed by atoms with Gasteiger partial charge in [0, 0.05) is 5.02 Å². The number of nitrogens with one attached hydrogen (secondary N) is 1. The molecular formula is C28H27ClN2O4S. The van der Waals surface area contributed by atoms with Gasteiger partial charge >= 0.3 is 0 Å². The predicted octanol–water partition coefficient (Wildman–Crippen LogP) is 5.50. The molecule has 4 rings (SSSR count). The summed E-state index contributed by atoms with van der Waals surface area (Å²) < 4.78 is 33.9. The molecule has 36 heavy (non-hydrogen) atoms. The first-order valence-corrected chi connectivity index (χ1v) is 13.3. The standard InChI is InChI=1S/C28H27ClN2O4S/c1-20-7-12-26(13-8-20)36(33,34)31(27-14-10-24(29)17-21(27)2)19-28(32)30-15-16-35-25-11-9-22-5-3-4-6-23(22)18-25/h3-14,17-18H,15-16,19H2,1-2H3,(H,30,32). The lowest BCUT2D eigenvalue weighted by molar-refractivity contribution is -0.119. The van der Waals surface area contributed by atoms with Gasteiger partial charge < -0.3 is 10.1 Å². The number of carbonyl (C=O) groups excluding carboxylic acids is 1. The molecule has 0 aliphatic rings. The third-order valence-corrected chi connectivity index (χ3v) is 7.75. The van der Waals surface area contributed by atoms with Crippen molar-refractivity contribution in [3.63, 3.8) is 0 Å². The molecule has 0 spiro atoms. The van der Waals surface area contributed by atoms with Gasteiger partial charge in [-0.25, -0.2) is 8.42 Å². The van der Waals surface area contributed by atoms with E-state index in [1.54, 1.807) is 37.3 Å². The lowest BCUT2D eigenvalue weighted by atomic mass is 10.1. The summed E-state index contributed by atoms with van der Waals surface area (Å²) in [7, 11) is -4.00. The number of halogens is 1. The fourth-order valence-corrected chi connectivity index (χ4v) is 5.55. The summed E-state index contributed by atoms with van der Waals surface area (Å²) in [5.41, 5.74) is 1.97. The number of nitrogens with zero attached hydrogens (tertiary/aromatic N) is 1. The van der Waals surface area contributed by atoms with Crippen molar-refractivity contribution in [2.75, 3.05) is 24.0 Å². The molecule has 8 heteroatoms. The molecule has 0 radical (unpaired) electrons. The topological polar surface area (TPSA) is 75.7 Å². The van der Waals surface area contributed by atoms with Crippen molar-refractivity contribution >= 4 is 44.0 Å². The molecule has 0 bridgehead atoms. The van der Waals surface area contributed by atoms with Gasteiger partial charge in [0.1, 0.15) is 18.9 Å². The molecule has 0 aromatic heterocycles. The highest BCUT2D eigenvalue weighted by Crippen LogP contribution is 2.29. The highest BCUT2D eigenvalue weighted by molar-refractivity contribution is 7.92. The Morgan fingerprint density at radius 1 is 0.917 bits per heavy atom. The third kappa shape index (κ3) is 5.98. The number of carbonyl (C=O) groups is 1. The Morgan fingerprint density at radius 2 is 1.64 bits per heavy atom. The minimum Gasteiger partial charge on any atom is -0.492 e. The summed E-state index contributed by atoms with van der Waals surface area (Å²) in [6, 6.07) is 25.2. The average Bonchev–Trinajstić information content (AvgIpc) is 2.86. The Morgan fingerprint density at radius 3 is 2.36 bits per heavy atom. The molecule has 0 unspecified atom stereocenters. The Balaban J connectivity index is 1.45. The van der Waals surface area contributed by atoms with Crippen molar-refractivity contribution < 1.29 is 17.9 Å². The van der Waals surface area contributed by atoms with Gasteiger partial charge in [0.15, 0.2) is 0 Å². The zero-order valence-electron chi connectivity index (χ0n) is 20.1. The van der Waals surface area contributed by atoms with Gasteiger partial charge in [-0.3, -0.25) is 9.10 Å². The summed E-state index contributed by atoms with van der Waals surface area (Å²) in [6.07, 6.45) is 0. The Hall–Kier alpha value is -3.55. The van der Waals surface area contributed by atoms with E-state index in [1.165, 1.54) is 12.1 Å². The van der Waals surface area contributed by atoms with Crippen LogP contribution in [0.5, 0.6) is 5.75 Å². The number of hydrogen-bond donors (Lipinski definition) is 1. The van der Waals surface area contributed by atoms with Gasteiger partial charge in [-0.1, -0.05) is 59.6 Å². The number of rotatable bonds is 9. The minimum atomic E-state index is -4.00. The number of fused-ring (bicyclic) bond motifs is 1. The van der Waals surface area contributed by atoms with Crippen molar-refractivity contribution in [1.29, 1.82) is 0 Å². The van der Waals surface area contributed by atoms with Crippen LogP contribution in [0.2, 0.25) is 5.02 Å². The minimum absolute atomic E-state index is 0.106. The van der Waals surface area contributed by atoms with E-state index in [0.717, 1.165) is 20.6 Å². The largest absolute Gasteiger partial charge is 0.492 e. The molecule has 0 aliphatic carbocycles. The van der Waals surface area contributed by atoms with Crippen LogP contribution in [0.15, 0.2) is 89.8 Å². The second-order valence-electron chi connectivity index (χ2n) is 8.46. The Kier molecular flexibility index (Phi) is 7.82. The number of amides is 1. The first kappa shape index (κ1) is 25.5. The maximum atomic E-state index is 13.5. The summed E-state index contributed by atoms with van der Waals surface area (Å²) in [5.74, 6) is 0.255. The molecule has 0 saturated carbocycles. The molecule has 1 amide bonds. The van der Waals surface area contributed by atoms with Gasteiger partial charge in [-0.15, -0.1) is 0 Å². The van der Waals surface area contributed by atoms with Crippen LogP contribution in [0.25, 0.3) is 10.8 Å². The van der Waals surface area contributed by atoms with Crippen molar-refractivity contribution in [2.45, 2.75) is 18.7 Å². The molecule has 0 aliphatic heterocycles. The Bertz CT molecular complexity index is 1490. The van der Waals surface area contributed by atoms with Crippen LogP contribution in [-0.2, 0) is 14.8 Å². The third-order valence-electron chi connectivity index (χ3n) is 5.74. The maximum Gasteiger partial charge on any atom is 0.264 e. The van der Waals surface area contributed by atoms with E-state index < -0.39 is 15.9 Å². The maximum absolute atomic E-state index is 13.5. The number of anilines is 1. The number of hydrogen-bond acceptors (Lipinski definition) is 4. The van der Waals surface area contributed by atoms with E-state index in [1.807, 2.05) is 49.4 Å². The molecule has 0 atom stereocenters. The van der Waals surface area contributed by atoms with Crippen LogP contribution in [-0.4, -0.2) is 34.0 Å². The van der Waals surface area contributed by atoms with Gasteiger partial charge in [-0.2, -0.15) is 0 Å². The van der Waals surface area contributed by atoms with E-state index in [2.05, 4.69) is 5.32 Å². The second-order valence-corrected chi connectivity index (χ2v) is 10.8. The summed E-state index contributed by atoms with van der Waals surface area (Å²) >= 11 is 6.08. The van der Waals surface area contributed by atoms with Crippen molar-refractivity contribution in [3.05, 3.63) is 101 Å². The molecule has 4 aromatic carbocycles. The highest BCUT2D eigenvalue weighted by Gasteiger charge is 2.28. The van der Waals surface area contributed by atoms with E-state index in [4.69, 9.17) is 16.3 Å². The monoisotopic (exact) mass is 522 g/mol. The zero-order valence-corrected chi connectivity index (χ0v) is 21.6. The molecule has 6 nitrogen and oxygen atoms in total. The smallest absolute Gasteiger partial charge is 0.264 e. The molecule has 4 aromatic rings. The molecule has 0 heterocycles. The van der Waals surface area contributed by atoms with Crippen LogP contribution in [0.3, 0.4) is 0 Å². The van der Waals surface area contributed by atoms with E-state index in [0.29, 0.717) is 22.0 Å². The molecular weight excluding hydrogens is 496 g/mol. The van der Waals surface area contributed by atoms with Crippen molar-refractivity contribution in [2.24, 2.45) is 0 Å². The fraction of sp³-hybridized carbons (Fsp3) is 0.179. The summed E-state index contributed by atoms with van der Waals surface area (Å²) in [5, 5.41) is 5.42. The molecule has 186 valence electrons.